The fraction of sp³-hybridized carbons (Fsp3) is 0.346. The van der Waals surface area contributed by atoms with Gasteiger partial charge in [-0.3, -0.25) is 15.2 Å². The number of aliphatic imine (C=N–C) groups is 1. The molecule has 202 valence electrons. The monoisotopic (exact) mass is 531 g/mol. The summed E-state index contributed by atoms with van der Waals surface area (Å²) in [5.41, 5.74) is 8.13. The van der Waals surface area contributed by atoms with Crippen molar-refractivity contribution in [3.8, 4) is 11.1 Å². The Bertz CT molecular complexity index is 1140. The van der Waals surface area contributed by atoms with Gasteiger partial charge in [0.15, 0.2) is 5.69 Å². The van der Waals surface area contributed by atoms with Crippen molar-refractivity contribution >= 4 is 41.7 Å². The van der Waals surface area contributed by atoms with Gasteiger partial charge >= 0.3 is 5.97 Å². The first kappa shape index (κ1) is 31.6. The second-order valence-electron chi connectivity index (χ2n) is 7.82. The van der Waals surface area contributed by atoms with Crippen molar-refractivity contribution in [2.24, 2.45) is 10.1 Å². The number of carboxylic acid groups (broad SMARTS) is 1. The van der Waals surface area contributed by atoms with Crippen molar-refractivity contribution < 1.29 is 20.3 Å². The molecule has 0 amide bonds. The number of hydrazone groups is 1. The van der Waals surface area contributed by atoms with Crippen LogP contribution in [0.15, 0.2) is 52.3 Å². The zero-order valence-corrected chi connectivity index (χ0v) is 23.4. The molecule has 0 aliphatic carbocycles. The summed E-state index contributed by atoms with van der Waals surface area (Å²) in [4.78, 5) is 13.8. The van der Waals surface area contributed by atoms with Gasteiger partial charge in [-0.1, -0.05) is 19.9 Å². The third-order valence-corrected chi connectivity index (χ3v) is 6.09. The average molecular weight is 532 g/mol. The van der Waals surface area contributed by atoms with Crippen LogP contribution in [-0.2, 0) is 4.79 Å². The van der Waals surface area contributed by atoms with Crippen LogP contribution >= 0.6 is 11.8 Å². The fourth-order valence-electron chi connectivity index (χ4n) is 3.35. The highest BCUT2D eigenvalue weighted by Gasteiger charge is 2.23. The summed E-state index contributed by atoms with van der Waals surface area (Å²) in [5, 5.41) is 39.6. The molecule has 0 unspecified atom stereocenters. The lowest BCUT2D eigenvalue weighted by atomic mass is 9.94. The Morgan fingerprint density at radius 1 is 1.16 bits per heavy atom. The van der Waals surface area contributed by atoms with Gasteiger partial charge in [-0.2, -0.15) is 15.5 Å². The first-order valence-electron chi connectivity index (χ1n) is 11.8. The number of thioether (sulfide) groups is 1. The number of allylic oxidation sites excluding steroid dienone is 1. The van der Waals surface area contributed by atoms with E-state index in [9.17, 15) is 15.2 Å². The maximum Gasteiger partial charge on any atom is 0.313 e. The summed E-state index contributed by atoms with van der Waals surface area (Å²) >= 11 is 1.13. The van der Waals surface area contributed by atoms with Crippen LogP contribution in [-0.4, -0.2) is 59.8 Å². The first-order valence-corrected chi connectivity index (χ1v) is 12.9. The lowest BCUT2D eigenvalue weighted by Crippen LogP contribution is -2.37. The molecule has 0 aliphatic rings. The third-order valence-electron chi connectivity index (χ3n) is 5.33. The molecule has 0 fully saturated rings. The zero-order chi connectivity index (χ0) is 28.2. The highest BCUT2D eigenvalue weighted by molar-refractivity contribution is 7.99. The van der Waals surface area contributed by atoms with Crippen molar-refractivity contribution in [3.05, 3.63) is 58.9 Å². The Kier molecular flexibility index (Phi) is 12.8. The van der Waals surface area contributed by atoms with E-state index < -0.39 is 10.8 Å². The van der Waals surface area contributed by atoms with Crippen LogP contribution in [0.5, 0.6) is 0 Å². The molecule has 0 radical (unpaired) electrons. The number of nitrogens with zero attached hydrogens (tertiary/aromatic N) is 3. The highest BCUT2D eigenvalue weighted by Crippen LogP contribution is 2.34. The fourth-order valence-corrected chi connectivity index (χ4v) is 3.84. The van der Waals surface area contributed by atoms with Gasteiger partial charge < -0.3 is 15.7 Å². The molecule has 0 saturated heterocycles. The van der Waals surface area contributed by atoms with E-state index in [0.29, 0.717) is 11.4 Å². The van der Waals surface area contributed by atoms with E-state index in [1.807, 2.05) is 65.9 Å². The number of amidine groups is 1. The number of quaternary nitrogens is 1. The number of hydrogen-bond acceptors (Lipinski definition) is 8. The molecule has 0 saturated carbocycles. The zero-order valence-electron chi connectivity index (χ0n) is 22.6. The molecule has 6 N–H and O–H groups in total. The maximum atomic E-state index is 10.8. The van der Waals surface area contributed by atoms with E-state index in [-0.39, 0.29) is 17.3 Å². The Labute approximate surface area is 223 Å². The quantitative estimate of drug-likeness (QED) is 0.0789. The lowest BCUT2D eigenvalue weighted by Gasteiger charge is -2.20. The summed E-state index contributed by atoms with van der Waals surface area (Å²) in [6, 6.07) is 9.07. The van der Waals surface area contributed by atoms with Gasteiger partial charge in [0.05, 0.1) is 17.5 Å². The largest absolute Gasteiger partial charge is 0.481 e. The van der Waals surface area contributed by atoms with Crippen LogP contribution in [0.4, 0.5) is 11.4 Å². The van der Waals surface area contributed by atoms with Crippen LogP contribution in [0, 0.1) is 13.8 Å². The molecule has 37 heavy (non-hydrogen) atoms. The maximum absolute atomic E-state index is 10.8. The molecule has 11 heteroatoms. The number of carbonyl (C=O) groups is 1. The number of rotatable bonds is 11. The molecule has 10 nitrogen and oxygen atoms in total. The third kappa shape index (κ3) is 9.21. The molecule has 2 aromatic rings. The van der Waals surface area contributed by atoms with Crippen LogP contribution < -0.4 is 20.9 Å². The normalized spacial score (nSPS) is 11.8. The molecular formula is C26H39N6O4S+. The van der Waals surface area contributed by atoms with Crippen molar-refractivity contribution in [2.45, 2.75) is 34.6 Å². The minimum absolute atomic E-state index is 0.0901. The number of hydroxylamine groups is 2. The van der Waals surface area contributed by atoms with Gasteiger partial charge in [-0.15, -0.1) is 11.8 Å². The minimum Gasteiger partial charge on any atom is -0.481 e. The molecule has 0 aromatic heterocycles. The van der Waals surface area contributed by atoms with Crippen molar-refractivity contribution in [1.29, 1.82) is 0 Å². The van der Waals surface area contributed by atoms with Crippen molar-refractivity contribution in [3.63, 3.8) is 0 Å². The van der Waals surface area contributed by atoms with Gasteiger partial charge in [-0.05, 0) is 66.0 Å². The van der Waals surface area contributed by atoms with Crippen LogP contribution in [0.2, 0.25) is 0 Å². The molecular weight excluding hydrogens is 492 g/mol. The molecule has 0 heterocycles. The predicted molar refractivity (Wildman–Crippen MR) is 155 cm³/mol. The van der Waals surface area contributed by atoms with Gasteiger partial charge in [0.2, 0.25) is 0 Å². The molecule has 0 bridgehead atoms. The standard InChI is InChI=1S/C24H32N6O4S.C2H6/c1-7-22(25-4)28-21-9-8-20(15(2)16(21)3)17-10-18(12-19(11-17)30(6,33)34)24(29-26-5)27-14-35-13-23(31)32;1-2/h7-12,25,28,33-34H,5,13-14H2,1-4,6H3,(H-,27,29,31,32);1-2H3/p+1/b22-7-;. The molecule has 2 aromatic carbocycles. The van der Waals surface area contributed by atoms with Gasteiger partial charge in [0, 0.05) is 37.1 Å². The SMILES string of the molecule is C=NN/C(=N\CSCC(=O)O)c1cc(-c2ccc(N/C(=C\C)NC)c(C)c2C)cc([N+](C)(O)O)c1.CC. The van der Waals surface area contributed by atoms with Crippen LogP contribution in [0.1, 0.15) is 37.5 Å². The number of aliphatic carboxylic acids is 1. The van der Waals surface area contributed by atoms with E-state index >= 15 is 0 Å². The Balaban J connectivity index is 0.00000334. The molecule has 0 aliphatic heterocycles. The van der Waals surface area contributed by atoms with Gasteiger partial charge in [0.25, 0.3) is 0 Å². The Morgan fingerprint density at radius 3 is 2.38 bits per heavy atom. The molecule has 0 atom stereocenters. The second-order valence-corrected chi connectivity index (χ2v) is 8.77. The summed E-state index contributed by atoms with van der Waals surface area (Å²) in [5.74, 6) is 0.356. The minimum atomic E-state index is -1.38. The summed E-state index contributed by atoms with van der Waals surface area (Å²) in [7, 11) is 3.07. The van der Waals surface area contributed by atoms with E-state index in [2.05, 4.69) is 32.9 Å². The van der Waals surface area contributed by atoms with Crippen molar-refractivity contribution in [1.82, 2.24) is 15.6 Å². The summed E-state index contributed by atoms with van der Waals surface area (Å²) in [6.45, 7) is 13.4. The number of nitrogens with one attached hydrogen (secondary N) is 3. The smallest absolute Gasteiger partial charge is 0.313 e. The summed E-state index contributed by atoms with van der Waals surface area (Å²) < 4.78 is 0. The van der Waals surface area contributed by atoms with Gasteiger partial charge in [0.1, 0.15) is 12.9 Å². The van der Waals surface area contributed by atoms with Gasteiger partial charge in [-0.25, -0.2) is 0 Å². The van der Waals surface area contributed by atoms with Crippen LogP contribution in [0.3, 0.4) is 0 Å². The topological polar surface area (TPSA) is 139 Å². The second kappa shape index (κ2) is 15.0. The van der Waals surface area contributed by atoms with E-state index in [1.165, 1.54) is 7.05 Å². The molecule has 0 spiro atoms. The predicted octanol–water partition coefficient (Wildman–Crippen LogP) is 4.93. The number of anilines is 1. The first-order chi connectivity index (χ1) is 17.5. The summed E-state index contributed by atoms with van der Waals surface area (Å²) in [6.07, 6.45) is 1.94. The van der Waals surface area contributed by atoms with E-state index in [4.69, 9.17) is 5.11 Å². The lowest BCUT2D eigenvalue weighted by molar-refractivity contribution is -0.272. The number of benzene rings is 2. The van der Waals surface area contributed by atoms with Crippen LogP contribution in [0.25, 0.3) is 11.1 Å². The average Bonchev–Trinajstić information content (AvgIpc) is 2.87. The highest BCUT2D eigenvalue weighted by atomic mass is 32.2. The molecule has 2 rings (SSSR count). The number of hydrogen-bond donors (Lipinski definition) is 6. The Hall–Kier alpha value is -3.38. The Morgan fingerprint density at radius 2 is 1.84 bits per heavy atom. The van der Waals surface area contributed by atoms with E-state index in [0.717, 1.165) is 45.5 Å². The van der Waals surface area contributed by atoms with E-state index in [1.54, 1.807) is 12.1 Å². The number of carboxylic acids is 1. The van der Waals surface area contributed by atoms with Crippen molar-refractivity contribution in [2.75, 3.05) is 31.0 Å².